The summed E-state index contributed by atoms with van der Waals surface area (Å²) in [6.07, 6.45) is 2.64. The minimum absolute atomic E-state index is 1.20. The van der Waals surface area contributed by atoms with Crippen molar-refractivity contribution in [2.24, 2.45) is 5.34 Å². The summed E-state index contributed by atoms with van der Waals surface area (Å²) in [5.74, 6) is 0. The van der Waals surface area contributed by atoms with Crippen LogP contribution in [0.25, 0.3) is 0 Å². The number of unbranched alkanes of at least 4 members (excludes halogenated alkanes) is 1. The first-order valence-corrected chi connectivity index (χ1v) is 2.69. The largest absolute Gasteiger partial charge is 0.367 e. The summed E-state index contributed by atoms with van der Waals surface area (Å²) in [5.41, 5.74) is 0. The van der Waals surface area contributed by atoms with E-state index in [0.29, 0.717) is 0 Å². The molecule has 0 aromatic heterocycles. The third-order valence-electron chi connectivity index (χ3n) is 0.575. The standard InChI is InChI=1S/C4H10.CH3NO2/c1-3-4-2;1-4-2-3/h3-4H2,1-2H3;1H3. The summed E-state index contributed by atoms with van der Waals surface area (Å²) in [4.78, 5) is 12.3. The maximum atomic E-state index is 8.70. The van der Waals surface area contributed by atoms with Crippen molar-refractivity contribution in [3.8, 4) is 0 Å². The third kappa shape index (κ3) is 53.3. The van der Waals surface area contributed by atoms with E-state index in [-0.39, 0.29) is 0 Å². The van der Waals surface area contributed by atoms with Gasteiger partial charge in [-0.2, -0.15) is 0 Å². The van der Waals surface area contributed by atoms with Crippen molar-refractivity contribution < 1.29 is 4.84 Å². The molecule has 0 amide bonds. The maximum Gasteiger partial charge on any atom is 0.154 e. The van der Waals surface area contributed by atoms with Gasteiger partial charge in [-0.1, -0.05) is 26.7 Å². The zero-order chi connectivity index (χ0) is 6.83. The van der Waals surface area contributed by atoms with Gasteiger partial charge in [-0.15, -0.1) is 4.91 Å². The summed E-state index contributed by atoms with van der Waals surface area (Å²) in [6, 6.07) is 0. The fraction of sp³-hybridized carbons (Fsp3) is 1.00. The van der Waals surface area contributed by atoms with Crippen molar-refractivity contribution in [1.29, 1.82) is 0 Å². The molecule has 3 nitrogen and oxygen atoms in total. The SMILES string of the molecule is CCCC.CON=O. The Hall–Kier alpha value is -0.600. The molecule has 0 aromatic carbocycles. The van der Waals surface area contributed by atoms with E-state index in [9.17, 15) is 0 Å². The molecule has 0 saturated heterocycles. The lowest BCUT2D eigenvalue weighted by atomic mass is 10.4. The minimum Gasteiger partial charge on any atom is -0.367 e. The summed E-state index contributed by atoms with van der Waals surface area (Å²) >= 11 is 0. The molecule has 0 radical (unpaired) electrons. The summed E-state index contributed by atoms with van der Waals surface area (Å²) in [7, 11) is 1.20. The zero-order valence-electron chi connectivity index (χ0n) is 5.68. The molecule has 0 heterocycles. The first kappa shape index (κ1) is 10.4. The van der Waals surface area contributed by atoms with Crippen molar-refractivity contribution in [3.63, 3.8) is 0 Å². The number of rotatable bonds is 2. The molecular formula is C5H13NO2. The Morgan fingerprint density at radius 3 is 1.62 bits per heavy atom. The van der Waals surface area contributed by atoms with Crippen LogP contribution in [0.5, 0.6) is 0 Å². The number of hydrogen-bond donors (Lipinski definition) is 0. The minimum atomic E-state index is 1.20. The van der Waals surface area contributed by atoms with E-state index in [0.717, 1.165) is 0 Å². The summed E-state index contributed by atoms with van der Waals surface area (Å²) < 4.78 is 0. The van der Waals surface area contributed by atoms with E-state index in [1.807, 2.05) is 5.34 Å². The molecule has 3 heteroatoms. The highest BCUT2D eigenvalue weighted by Gasteiger charge is 1.56. The van der Waals surface area contributed by atoms with Crippen LogP contribution in [0.4, 0.5) is 0 Å². The topological polar surface area (TPSA) is 38.7 Å². The summed E-state index contributed by atoms with van der Waals surface area (Å²) in [6.45, 7) is 4.36. The molecule has 0 aliphatic carbocycles. The Bertz CT molecular complexity index is 37.4. The normalized spacial score (nSPS) is 6.38. The molecule has 0 spiro atoms. The van der Waals surface area contributed by atoms with Gasteiger partial charge in [-0.3, -0.25) is 0 Å². The van der Waals surface area contributed by atoms with Crippen LogP contribution in [0, 0.1) is 4.91 Å². The Morgan fingerprint density at radius 2 is 1.62 bits per heavy atom. The van der Waals surface area contributed by atoms with E-state index in [4.69, 9.17) is 4.91 Å². The maximum absolute atomic E-state index is 8.70. The molecular weight excluding hydrogens is 106 g/mol. The van der Waals surface area contributed by atoms with Gasteiger partial charge in [-0.05, 0) is 0 Å². The molecule has 0 bridgehead atoms. The molecule has 0 N–H and O–H groups in total. The predicted octanol–water partition coefficient (Wildman–Crippen LogP) is 2.12. The highest BCUT2D eigenvalue weighted by Crippen LogP contribution is 1.76. The molecule has 0 saturated carbocycles. The quantitative estimate of drug-likeness (QED) is 0.412. The van der Waals surface area contributed by atoms with Crippen molar-refractivity contribution in [1.82, 2.24) is 0 Å². The molecule has 50 valence electrons. The third-order valence-corrected chi connectivity index (χ3v) is 0.575. The van der Waals surface area contributed by atoms with Crippen molar-refractivity contribution in [2.75, 3.05) is 7.11 Å². The Kier molecular flexibility index (Phi) is 21.0. The van der Waals surface area contributed by atoms with Crippen LogP contribution >= 0.6 is 0 Å². The highest BCUT2D eigenvalue weighted by molar-refractivity contribution is 4.12. The average Bonchev–Trinajstić information content (AvgIpc) is 1.88. The molecule has 0 aliphatic rings. The zero-order valence-corrected chi connectivity index (χ0v) is 5.68. The van der Waals surface area contributed by atoms with Gasteiger partial charge in [0.1, 0.15) is 7.11 Å². The fourth-order valence-electron chi connectivity index (χ4n) is 0. The molecule has 8 heavy (non-hydrogen) atoms. The van der Waals surface area contributed by atoms with E-state index in [1.165, 1.54) is 20.0 Å². The van der Waals surface area contributed by atoms with Crippen molar-refractivity contribution in [2.45, 2.75) is 26.7 Å². The van der Waals surface area contributed by atoms with E-state index in [2.05, 4.69) is 18.7 Å². The molecule has 0 fully saturated rings. The van der Waals surface area contributed by atoms with E-state index in [1.54, 1.807) is 0 Å². The van der Waals surface area contributed by atoms with Crippen molar-refractivity contribution >= 4 is 0 Å². The molecule has 0 rings (SSSR count). The van der Waals surface area contributed by atoms with Gasteiger partial charge in [0.25, 0.3) is 0 Å². The predicted molar refractivity (Wildman–Crippen MR) is 33.4 cm³/mol. The lowest BCUT2D eigenvalue weighted by Gasteiger charge is -1.68. The average molecular weight is 119 g/mol. The van der Waals surface area contributed by atoms with Crippen LogP contribution in [-0.4, -0.2) is 7.11 Å². The Balaban J connectivity index is 0. The monoisotopic (exact) mass is 119 g/mol. The fourth-order valence-corrected chi connectivity index (χ4v) is 0. The van der Waals surface area contributed by atoms with Gasteiger partial charge in [-0.25, -0.2) is 0 Å². The van der Waals surface area contributed by atoms with Gasteiger partial charge in [0.05, 0.1) is 0 Å². The molecule has 0 unspecified atom stereocenters. The smallest absolute Gasteiger partial charge is 0.154 e. The molecule has 0 aliphatic heterocycles. The molecule has 0 atom stereocenters. The van der Waals surface area contributed by atoms with E-state index >= 15 is 0 Å². The Labute approximate surface area is 50.0 Å². The van der Waals surface area contributed by atoms with Crippen LogP contribution in [0.3, 0.4) is 0 Å². The lowest BCUT2D eigenvalue weighted by molar-refractivity contribution is 0.208. The van der Waals surface area contributed by atoms with Gasteiger partial charge >= 0.3 is 0 Å². The van der Waals surface area contributed by atoms with Gasteiger partial charge < -0.3 is 4.84 Å². The number of hydrogen-bond acceptors (Lipinski definition) is 3. The van der Waals surface area contributed by atoms with Crippen LogP contribution in [0.1, 0.15) is 26.7 Å². The lowest BCUT2D eigenvalue weighted by Crippen LogP contribution is -1.53. The second-order valence-electron chi connectivity index (χ2n) is 1.26. The second kappa shape index (κ2) is 16.1. The van der Waals surface area contributed by atoms with Gasteiger partial charge in [0.2, 0.25) is 0 Å². The first-order chi connectivity index (χ1) is 3.83. The second-order valence-corrected chi connectivity index (χ2v) is 1.26. The van der Waals surface area contributed by atoms with Gasteiger partial charge in [0, 0.05) is 0 Å². The Morgan fingerprint density at radius 1 is 1.38 bits per heavy atom. The van der Waals surface area contributed by atoms with Gasteiger partial charge in [0.15, 0.2) is 5.34 Å². The first-order valence-electron chi connectivity index (χ1n) is 2.69. The van der Waals surface area contributed by atoms with E-state index < -0.39 is 0 Å². The van der Waals surface area contributed by atoms with Crippen LogP contribution < -0.4 is 0 Å². The van der Waals surface area contributed by atoms with Crippen LogP contribution in [0.15, 0.2) is 5.34 Å². The highest BCUT2D eigenvalue weighted by atomic mass is 16.7. The summed E-state index contributed by atoms with van der Waals surface area (Å²) in [5, 5.41) is 1.99. The van der Waals surface area contributed by atoms with Crippen LogP contribution in [0.2, 0.25) is 0 Å². The van der Waals surface area contributed by atoms with Crippen LogP contribution in [-0.2, 0) is 4.84 Å². The van der Waals surface area contributed by atoms with Crippen molar-refractivity contribution in [3.05, 3.63) is 4.91 Å². The molecule has 0 aromatic rings. The number of nitrogens with zero attached hydrogens (tertiary/aromatic N) is 1.